The van der Waals surface area contributed by atoms with Crippen LogP contribution in [-0.4, -0.2) is 41.0 Å². The number of benzene rings is 4. The molecule has 4 rings (SSSR count). The van der Waals surface area contributed by atoms with Gasteiger partial charge in [-0.1, -0.05) is 117 Å². The molecule has 0 radical (unpaired) electrons. The topological polar surface area (TPSA) is 87.7 Å². The number of nitrogens with one attached hydrogen (secondary N) is 2. The molecule has 4 aromatic carbocycles. The molecule has 3 amide bonds. The fourth-order valence-electron chi connectivity index (χ4n) is 5.75. The van der Waals surface area contributed by atoms with E-state index in [1.54, 1.807) is 37.8 Å². The molecule has 0 spiro atoms. The number of hydrogen-bond donors (Lipinski definition) is 2. The minimum atomic E-state index is -1.07. The lowest BCUT2D eigenvalue weighted by atomic mass is 9.96. The summed E-state index contributed by atoms with van der Waals surface area (Å²) in [4.78, 5) is 44.1. The molecular weight excluding hydrogens is 598 g/mol. The van der Waals surface area contributed by atoms with Gasteiger partial charge in [0.1, 0.15) is 17.7 Å². The molecule has 0 aromatic heterocycles. The van der Waals surface area contributed by atoms with Crippen molar-refractivity contribution in [2.45, 2.75) is 83.9 Å². The number of alkyl carbamates (subject to hydrolysis) is 1. The second-order valence-electron chi connectivity index (χ2n) is 13.0. The second-order valence-corrected chi connectivity index (χ2v) is 13.0. The van der Waals surface area contributed by atoms with Crippen LogP contribution in [0.4, 0.5) is 10.5 Å². The van der Waals surface area contributed by atoms with Crippen molar-refractivity contribution in [2.75, 3.05) is 11.9 Å². The minimum absolute atomic E-state index is 0.209. The van der Waals surface area contributed by atoms with Gasteiger partial charge >= 0.3 is 6.09 Å². The van der Waals surface area contributed by atoms with Crippen molar-refractivity contribution in [3.8, 4) is 12.3 Å². The number of ether oxygens (including phenoxy) is 1. The van der Waals surface area contributed by atoms with Crippen molar-refractivity contribution >= 4 is 34.4 Å². The quantitative estimate of drug-likeness (QED) is 0.106. The van der Waals surface area contributed by atoms with Gasteiger partial charge in [-0.05, 0) is 67.3 Å². The predicted octanol–water partition coefficient (Wildman–Crippen LogP) is 8.44. The first-order chi connectivity index (χ1) is 23.1. The molecule has 0 heterocycles. The van der Waals surface area contributed by atoms with Crippen molar-refractivity contribution in [3.63, 3.8) is 0 Å². The molecule has 7 heteroatoms. The number of carbonyl (C=O) groups excluding carboxylic acids is 3. The van der Waals surface area contributed by atoms with Crippen molar-refractivity contribution in [2.24, 2.45) is 0 Å². The molecule has 2 atom stereocenters. The Hall–Kier alpha value is -5.09. The smallest absolute Gasteiger partial charge is 0.408 e. The number of carbonyl (C=O) groups is 3. The predicted molar refractivity (Wildman–Crippen MR) is 193 cm³/mol. The summed E-state index contributed by atoms with van der Waals surface area (Å²) in [5.74, 6) is 1.92. The number of hydrogen-bond acceptors (Lipinski definition) is 4. The average molecular weight is 646 g/mol. The Morgan fingerprint density at radius 1 is 0.833 bits per heavy atom. The fraction of sp³-hybridized carbons (Fsp3) is 0.341. The zero-order chi connectivity index (χ0) is 34.5. The van der Waals surface area contributed by atoms with Crippen LogP contribution in [0.15, 0.2) is 97.1 Å². The van der Waals surface area contributed by atoms with Gasteiger partial charge in [-0.15, -0.1) is 6.42 Å². The van der Waals surface area contributed by atoms with Crippen LogP contribution in [0, 0.1) is 12.3 Å². The van der Waals surface area contributed by atoms with E-state index >= 15 is 0 Å². The lowest BCUT2D eigenvalue weighted by molar-refractivity contribution is -0.140. The third-order valence-electron chi connectivity index (χ3n) is 8.05. The highest BCUT2D eigenvalue weighted by Gasteiger charge is 2.37. The van der Waals surface area contributed by atoms with Crippen LogP contribution in [0.25, 0.3) is 10.8 Å². The van der Waals surface area contributed by atoms with Crippen LogP contribution >= 0.6 is 0 Å². The zero-order valence-electron chi connectivity index (χ0n) is 28.5. The lowest BCUT2D eigenvalue weighted by Gasteiger charge is -2.35. The van der Waals surface area contributed by atoms with Crippen LogP contribution < -0.4 is 10.6 Å². The number of anilines is 1. The Balaban J connectivity index is 1.78. The van der Waals surface area contributed by atoms with Crippen molar-refractivity contribution < 1.29 is 19.1 Å². The summed E-state index contributed by atoms with van der Waals surface area (Å²) in [6, 6.07) is 28.2. The number of nitrogens with zero attached hydrogens (tertiary/aromatic N) is 1. The Labute approximate surface area is 285 Å². The molecule has 0 saturated heterocycles. The standard InChI is InChI=1S/C41H47N3O4/c1-6-8-9-10-18-27-44(39(46)36(28-30-19-12-11-13-20-30)43-40(47)48-41(3,4)5)37(35-24-17-16-21-31(35)7-2)38(45)42-34-26-25-32-22-14-15-23-33(32)29-34/h2,11-17,19-26,29,36-37H,6,8-10,18,27-28H2,1,3-5H3,(H,42,45)(H,43,47). The summed E-state index contributed by atoms with van der Waals surface area (Å²) in [6.45, 7) is 7.75. The second kappa shape index (κ2) is 17.2. The van der Waals surface area contributed by atoms with Crippen LogP contribution in [-0.2, 0) is 20.7 Å². The van der Waals surface area contributed by atoms with Gasteiger partial charge in [0.2, 0.25) is 5.91 Å². The lowest BCUT2D eigenvalue weighted by Crippen LogP contribution is -2.53. The zero-order valence-corrected chi connectivity index (χ0v) is 28.5. The highest BCUT2D eigenvalue weighted by Crippen LogP contribution is 2.29. The SMILES string of the molecule is C#Cc1ccccc1C(C(=O)Nc1ccc2ccccc2c1)N(CCCCCCC)C(=O)C(Cc1ccccc1)NC(=O)OC(C)(C)C. The van der Waals surface area contributed by atoms with E-state index in [1.165, 1.54) is 0 Å². The van der Waals surface area contributed by atoms with Crippen molar-refractivity contribution in [3.05, 3.63) is 114 Å². The largest absolute Gasteiger partial charge is 0.444 e. The number of unbranched alkanes of at least 4 members (excludes halogenated alkanes) is 4. The number of rotatable bonds is 14. The number of fused-ring (bicyclic) bond motifs is 1. The van der Waals surface area contributed by atoms with Crippen molar-refractivity contribution in [1.29, 1.82) is 0 Å². The normalized spacial score (nSPS) is 12.4. The maximum absolute atomic E-state index is 14.8. The first-order valence-corrected chi connectivity index (χ1v) is 16.8. The Morgan fingerprint density at radius 3 is 2.21 bits per heavy atom. The first-order valence-electron chi connectivity index (χ1n) is 16.8. The van der Waals surface area contributed by atoms with Gasteiger partial charge in [0, 0.05) is 24.2 Å². The van der Waals surface area contributed by atoms with Gasteiger partial charge in [0.25, 0.3) is 5.91 Å². The highest BCUT2D eigenvalue weighted by molar-refractivity contribution is 6.00. The molecule has 4 aromatic rings. The number of amides is 3. The molecule has 2 N–H and O–H groups in total. The van der Waals surface area contributed by atoms with Crippen LogP contribution in [0.5, 0.6) is 0 Å². The Kier molecular flexibility index (Phi) is 12.8. The van der Waals surface area contributed by atoms with Crippen LogP contribution in [0.1, 0.15) is 82.5 Å². The third-order valence-corrected chi connectivity index (χ3v) is 8.05. The monoisotopic (exact) mass is 645 g/mol. The molecule has 0 fully saturated rings. The maximum Gasteiger partial charge on any atom is 0.408 e. The third kappa shape index (κ3) is 10.2. The summed E-state index contributed by atoms with van der Waals surface area (Å²) in [5, 5.41) is 7.93. The van der Waals surface area contributed by atoms with Gasteiger partial charge in [0.05, 0.1) is 0 Å². The molecule has 0 aliphatic heterocycles. The molecule has 48 heavy (non-hydrogen) atoms. The van der Waals surface area contributed by atoms with E-state index in [2.05, 4.69) is 23.5 Å². The first kappa shape index (κ1) is 35.8. The maximum atomic E-state index is 14.8. The molecular formula is C41H47N3O4. The Bertz CT molecular complexity index is 1720. The minimum Gasteiger partial charge on any atom is -0.444 e. The van der Waals surface area contributed by atoms with E-state index in [0.29, 0.717) is 29.8 Å². The van der Waals surface area contributed by atoms with E-state index in [4.69, 9.17) is 11.2 Å². The van der Waals surface area contributed by atoms with E-state index in [-0.39, 0.29) is 6.42 Å². The molecule has 7 nitrogen and oxygen atoms in total. The van der Waals surface area contributed by atoms with E-state index in [9.17, 15) is 14.4 Å². The van der Waals surface area contributed by atoms with E-state index in [0.717, 1.165) is 42.0 Å². The van der Waals surface area contributed by atoms with Gasteiger partial charge in [0.15, 0.2) is 0 Å². The number of terminal acetylenes is 1. The molecule has 0 aliphatic rings. The fourth-order valence-corrected chi connectivity index (χ4v) is 5.75. The summed E-state index contributed by atoms with van der Waals surface area (Å²) in [6.07, 6.45) is 10.2. The highest BCUT2D eigenvalue weighted by atomic mass is 16.6. The molecule has 0 saturated carbocycles. The summed E-state index contributed by atoms with van der Waals surface area (Å²) in [7, 11) is 0. The average Bonchev–Trinajstić information content (AvgIpc) is 3.06. The van der Waals surface area contributed by atoms with Gasteiger partial charge in [-0.25, -0.2) is 4.79 Å². The van der Waals surface area contributed by atoms with E-state index in [1.807, 2.05) is 84.9 Å². The summed E-state index contributed by atoms with van der Waals surface area (Å²) < 4.78 is 5.58. The van der Waals surface area contributed by atoms with Gasteiger partial charge in [-0.2, -0.15) is 0 Å². The van der Waals surface area contributed by atoms with Crippen LogP contribution in [0.3, 0.4) is 0 Å². The molecule has 250 valence electrons. The van der Waals surface area contributed by atoms with Gasteiger partial charge in [-0.3, -0.25) is 9.59 Å². The van der Waals surface area contributed by atoms with Crippen molar-refractivity contribution in [1.82, 2.24) is 10.2 Å². The molecule has 0 aliphatic carbocycles. The van der Waals surface area contributed by atoms with Crippen LogP contribution in [0.2, 0.25) is 0 Å². The summed E-state index contributed by atoms with van der Waals surface area (Å²) in [5.41, 5.74) is 1.74. The van der Waals surface area contributed by atoms with E-state index < -0.39 is 35.6 Å². The summed E-state index contributed by atoms with van der Waals surface area (Å²) >= 11 is 0. The Morgan fingerprint density at radius 2 is 1.50 bits per heavy atom. The molecule has 2 unspecified atom stereocenters. The molecule has 0 bridgehead atoms. The van der Waals surface area contributed by atoms with Gasteiger partial charge < -0.3 is 20.3 Å².